The second kappa shape index (κ2) is 6.80. The Balaban J connectivity index is 0.00000147. The molecule has 0 aliphatic carbocycles. The molecule has 1 heterocycles. The minimum absolute atomic E-state index is 0. The Bertz CT molecular complexity index is 677. The van der Waals surface area contributed by atoms with Crippen molar-refractivity contribution in [2.24, 2.45) is 0 Å². The lowest BCUT2D eigenvalue weighted by Crippen LogP contribution is -2.12. The third kappa shape index (κ3) is 3.54. The van der Waals surface area contributed by atoms with E-state index in [2.05, 4.69) is 40.6 Å². The summed E-state index contributed by atoms with van der Waals surface area (Å²) in [6.07, 6.45) is 0. The van der Waals surface area contributed by atoms with E-state index in [4.69, 9.17) is 11.6 Å². The first-order valence-electron chi connectivity index (χ1n) is 6.33. The lowest BCUT2D eigenvalue weighted by atomic mass is 10.2. The molecule has 4 heteroatoms. The lowest BCUT2D eigenvalue weighted by molar-refractivity contribution is 0.684. The number of H-pyrrole nitrogens is 1. The molecule has 1 aromatic heterocycles. The molecule has 0 saturated carbocycles. The van der Waals surface area contributed by atoms with E-state index in [9.17, 15) is 0 Å². The van der Waals surface area contributed by atoms with Crippen molar-refractivity contribution in [3.05, 3.63) is 70.9 Å². The van der Waals surface area contributed by atoms with Crippen LogP contribution in [0, 0.1) is 0 Å². The van der Waals surface area contributed by atoms with Crippen LogP contribution < -0.4 is 5.32 Å². The van der Waals surface area contributed by atoms with E-state index in [1.807, 2.05) is 24.3 Å². The summed E-state index contributed by atoms with van der Waals surface area (Å²) in [7, 11) is 0. The second-order valence-corrected chi connectivity index (χ2v) is 5.05. The van der Waals surface area contributed by atoms with Gasteiger partial charge in [0.1, 0.15) is 0 Å². The van der Waals surface area contributed by atoms with Crippen molar-refractivity contribution in [1.29, 1.82) is 0 Å². The molecule has 2 N–H and O–H groups in total. The highest BCUT2D eigenvalue weighted by molar-refractivity contribution is 6.31. The van der Waals surface area contributed by atoms with Gasteiger partial charge in [-0.1, -0.05) is 41.9 Å². The number of rotatable bonds is 4. The van der Waals surface area contributed by atoms with Crippen molar-refractivity contribution in [1.82, 2.24) is 10.3 Å². The zero-order valence-corrected chi connectivity index (χ0v) is 12.5. The molecule has 0 amide bonds. The summed E-state index contributed by atoms with van der Waals surface area (Å²) in [4.78, 5) is 3.39. The number of hydrogen-bond acceptors (Lipinski definition) is 1. The maximum absolute atomic E-state index is 5.98. The Morgan fingerprint density at radius 2 is 1.75 bits per heavy atom. The molecule has 3 aromatic rings. The summed E-state index contributed by atoms with van der Waals surface area (Å²) in [5.74, 6) is 0. The highest BCUT2D eigenvalue weighted by Gasteiger charge is 2.01. The van der Waals surface area contributed by atoms with Gasteiger partial charge in [0.05, 0.1) is 0 Å². The summed E-state index contributed by atoms with van der Waals surface area (Å²) in [5.41, 5.74) is 3.59. The molecular weight excluding hydrogens is 291 g/mol. The van der Waals surface area contributed by atoms with E-state index in [0.717, 1.165) is 29.0 Å². The molecule has 0 spiro atoms. The Kier molecular flexibility index (Phi) is 5.07. The fraction of sp³-hybridized carbons (Fsp3) is 0.125. The average molecular weight is 307 g/mol. The Morgan fingerprint density at radius 3 is 2.55 bits per heavy atom. The second-order valence-electron chi connectivity index (χ2n) is 4.62. The van der Waals surface area contributed by atoms with Gasteiger partial charge in [0, 0.05) is 34.7 Å². The number of aromatic amines is 1. The largest absolute Gasteiger partial charge is 0.357 e. The van der Waals surface area contributed by atoms with Gasteiger partial charge in [-0.3, -0.25) is 0 Å². The lowest BCUT2D eigenvalue weighted by Gasteiger charge is -2.02. The topological polar surface area (TPSA) is 27.8 Å². The smallest absolute Gasteiger partial charge is 0.0457 e. The van der Waals surface area contributed by atoms with E-state index in [1.54, 1.807) is 0 Å². The molecule has 3 rings (SSSR count). The molecule has 0 unspecified atom stereocenters. The maximum Gasteiger partial charge on any atom is 0.0457 e. The fourth-order valence-electron chi connectivity index (χ4n) is 2.20. The summed E-state index contributed by atoms with van der Waals surface area (Å²) in [5, 5.41) is 5.36. The maximum atomic E-state index is 5.98. The van der Waals surface area contributed by atoms with Crippen molar-refractivity contribution in [3.63, 3.8) is 0 Å². The summed E-state index contributed by atoms with van der Waals surface area (Å²) in [6.45, 7) is 1.69. The molecule has 0 aliphatic rings. The van der Waals surface area contributed by atoms with Crippen molar-refractivity contribution in [3.8, 4) is 0 Å². The summed E-state index contributed by atoms with van der Waals surface area (Å²) in [6, 6.07) is 18.4. The van der Waals surface area contributed by atoms with E-state index in [-0.39, 0.29) is 12.4 Å². The number of fused-ring (bicyclic) bond motifs is 1. The Morgan fingerprint density at radius 1 is 0.950 bits per heavy atom. The van der Waals surface area contributed by atoms with Crippen LogP contribution in [0.3, 0.4) is 0 Å². The molecule has 0 atom stereocenters. The molecule has 0 bridgehead atoms. The molecule has 0 aliphatic heterocycles. The van der Waals surface area contributed by atoms with E-state index >= 15 is 0 Å². The van der Waals surface area contributed by atoms with Gasteiger partial charge in [0.25, 0.3) is 0 Å². The monoisotopic (exact) mass is 306 g/mol. The van der Waals surface area contributed by atoms with Gasteiger partial charge >= 0.3 is 0 Å². The Hall–Kier alpha value is -1.48. The van der Waals surface area contributed by atoms with Crippen LogP contribution in [0.1, 0.15) is 11.3 Å². The van der Waals surface area contributed by atoms with Gasteiger partial charge in [-0.05, 0) is 29.8 Å². The van der Waals surface area contributed by atoms with Gasteiger partial charge in [0.2, 0.25) is 0 Å². The van der Waals surface area contributed by atoms with Gasteiger partial charge in [-0.2, -0.15) is 0 Å². The first-order valence-corrected chi connectivity index (χ1v) is 6.71. The molecule has 20 heavy (non-hydrogen) atoms. The number of nitrogens with one attached hydrogen (secondary N) is 2. The Labute approximate surface area is 129 Å². The molecule has 0 saturated heterocycles. The van der Waals surface area contributed by atoms with Gasteiger partial charge < -0.3 is 10.3 Å². The van der Waals surface area contributed by atoms with Gasteiger partial charge in [-0.25, -0.2) is 0 Å². The van der Waals surface area contributed by atoms with E-state index in [1.165, 1.54) is 11.3 Å². The van der Waals surface area contributed by atoms with Crippen LogP contribution in [0.2, 0.25) is 5.02 Å². The van der Waals surface area contributed by atoms with Gasteiger partial charge in [0.15, 0.2) is 0 Å². The van der Waals surface area contributed by atoms with Gasteiger partial charge in [-0.15, -0.1) is 12.4 Å². The van der Waals surface area contributed by atoms with Crippen LogP contribution in [-0.4, -0.2) is 4.98 Å². The third-order valence-corrected chi connectivity index (χ3v) is 3.36. The predicted octanol–water partition coefficient (Wildman–Crippen LogP) is 4.53. The number of benzene rings is 2. The van der Waals surface area contributed by atoms with Crippen molar-refractivity contribution < 1.29 is 0 Å². The van der Waals surface area contributed by atoms with E-state index < -0.39 is 0 Å². The zero-order chi connectivity index (χ0) is 13.1. The minimum atomic E-state index is 0. The minimum Gasteiger partial charge on any atom is -0.357 e. The zero-order valence-electron chi connectivity index (χ0n) is 10.9. The van der Waals surface area contributed by atoms with Crippen molar-refractivity contribution in [2.75, 3.05) is 0 Å². The van der Waals surface area contributed by atoms with E-state index in [0.29, 0.717) is 0 Å². The van der Waals surface area contributed by atoms with Crippen LogP contribution >= 0.6 is 24.0 Å². The first-order chi connectivity index (χ1) is 9.31. The van der Waals surface area contributed by atoms with Crippen LogP contribution in [0.5, 0.6) is 0 Å². The molecule has 2 nitrogen and oxygen atoms in total. The number of hydrogen-bond donors (Lipinski definition) is 2. The SMILES string of the molecule is Cl.Clc1ccc2[nH]c(CNCc3ccccc3)cc2c1. The van der Waals surface area contributed by atoms with Crippen LogP contribution in [0.25, 0.3) is 10.9 Å². The molecule has 0 fully saturated rings. The number of halogens is 2. The quantitative estimate of drug-likeness (QED) is 0.728. The van der Waals surface area contributed by atoms with Crippen molar-refractivity contribution in [2.45, 2.75) is 13.1 Å². The molecule has 104 valence electrons. The highest BCUT2D eigenvalue weighted by Crippen LogP contribution is 2.20. The van der Waals surface area contributed by atoms with Crippen LogP contribution in [0.15, 0.2) is 54.6 Å². The third-order valence-electron chi connectivity index (χ3n) is 3.13. The molecule has 2 aromatic carbocycles. The molecule has 0 radical (unpaired) electrons. The first kappa shape index (κ1) is 14.9. The highest BCUT2D eigenvalue weighted by atomic mass is 35.5. The number of aromatic nitrogens is 1. The van der Waals surface area contributed by atoms with Crippen LogP contribution in [0.4, 0.5) is 0 Å². The predicted molar refractivity (Wildman–Crippen MR) is 87.5 cm³/mol. The fourth-order valence-corrected chi connectivity index (χ4v) is 2.38. The summed E-state index contributed by atoms with van der Waals surface area (Å²) >= 11 is 5.98. The summed E-state index contributed by atoms with van der Waals surface area (Å²) < 4.78 is 0. The molecular formula is C16H16Cl2N2. The standard InChI is InChI=1S/C16H15ClN2.ClH/c17-14-6-7-16-13(8-14)9-15(19-16)11-18-10-12-4-2-1-3-5-12;/h1-9,18-19H,10-11H2;1H. The van der Waals surface area contributed by atoms with Crippen LogP contribution in [-0.2, 0) is 13.1 Å². The van der Waals surface area contributed by atoms with Crippen molar-refractivity contribution >= 4 is 34.9 Å². The average Bonchev–Trinajstić information content (AvgIpc) is 2.82. The normalized spacial score (nSPS) is 10.4.